The van der Waals surface area contributed by atoms with Gasteiger partial charge < -0.3 is 9.14 Å². The molecule has 0 unspecified atom stereocenters. The fourth-order valence-corrected chi connectivity index (χ4v) is 3.19. The van der Waals surface area contributed by atoms with Gasteiger partial charge in [-0.1, -0.05) is 30.3 Å². The monoisotopic (exact) mass is 346 g/mol. The maximum absolute atomic E-state index is 13.7. The molecule has 1 atom stereocenters. The third-order valence-corrected chi connectivity index (χ3v) is 4.42. The summed E-state index contributed by atoms with van der Waals surface area (Å²) in [5, 5.41) is 0. The van der Waals surface area contributed by atoms with Crippen LogP contribution in [0.1, 0.15) is 22.9 Å². The van der Waals surface area contributed by atoms with Crippen molar-refractivity contribution in [1.29, 1.82) is 0 Å². The minimum atomic E-state index is -0.304. The van der Waals surface area contributed by atoms with Gasteiger partial charge in [0, 0.05) is 12.3 Å². The first-order valence-electron chi connectivity index (χ1n) is 6.72. The number of halogens is 2. The van der Waals surface area contributed by atoms with Crippen molar-refractivity contribution < 1.29 is 9.13 Å². The van der Waals surface area contributed by atoms with Gasteiger partial charge in [-0.15, -0.1) is 0 Å². The number of pyridine rings is 1. The number of imidazole rings is 1. The molecule has 3 aromatic rings. The molecule has 1 aliphatic rings. The van der Waals surface area contributed by atoms with Crippen molar-refractivity contribution in [2.45, 2.75) is 12.5 Å². The average molecular weight is 347 g/mol. The van der Waals surface area contributed by atoms with Crippen LogP contribution in [0.2, 0.25) is 0 Å². The largest absolute Gasteiger partial charge is 0.374 e. The summed E-state index contributed by atoms with van der Waals surface area (Å²) >= 11 is 3.25. The van der Waals surface area contributed by atoms with Gasteiger partial charge in [0.1, 0.15) is 11.5 Å². The highest BCUT2D eigenvalue weighted by atomic mass is 79.9. The number of benzene rings is 1. The Kier molecular flexibility index (Phi) is 3.05. The van der Waals surface area contributed by atoms with Crippen LogP contribution in [0, 0.1) is 5.82 Å². The van der Waals surface area contributed by atoms with Crippen molar-refractivity contribution in [1.82, 2.24) is 9.38 Å². The molecular weight excluding hydrogens is 335 g/mol. The van der Waals surface area contributed by atoms with Gasteiger partial charge in [-0.25, -0.2) is 9.37 Å². The molecule has 3 nitrogen and oxygen atoms in total. The van der Waals surface area contributed by atoms with E-state index >= 15 is 0 Å². The maximum atomic E-state index is 13.7. The van der Waals surface area contributed by atoms with Crippen LogP contribution in [0.5, 0.6) is 0 Å². The highest BCUT2D eigenvalue weighted by molar-refractivity contribution is 9.10. The minimum absolute atomic E-state index is 0.113. The van der Waals surface area contributed by atoms with Gasteiger partial charge in [0.2, 0.25) is 0 Å². The minimum Gasteiger partial charge on any atom is -0.374 e. The van der Waals surface area contributed by atoms with Gasteiger partial charge in [0.05, 0.1) is 35.0 Å². The van der Waals surface area contributed by atoms with E-state index in [1.165, 1.54) is 11.6 Å². The Bertz CT molecular complexity index is 816. The second-order valence-electron chi connectivity index (χ2n) is 5.12. The molecule has 0 spiro atoms. The maximum Gasteiger partial charge on any atom is 0.142 e. The van der Waals surface area contributed by atoms with E-state index in [-0.39, 0.29) is 11.7 Å². The average Bonchev–Trinajstić information content (AvgIpc) is 2.86. The summed E-state index contributed by atoms with van der Waals surface area (Å²) in [7, 11) is 0. The standard InChI is InChI=1S/C16H12BrFN2O/c17-12-7-20-15(6-13(12)18)19-14-9-21-8-11(16(14)20)10-4-2-1-3-5-10/h1-7,11H,8-9H2/t11-/m1/s1. The van der Waals surface area contributed by atoms with Crippen LogP contribution in [0.4, 0.5) is 4.39 Å². The van der Waals surface area contributed by atoms with Crippen LogP contribution in [0.25, 0.3) is 5.65 Å². The molecule has 21 heavy (non-hydrogen) atoms. The van der Waals surface area contributed by atoms with E-state index < -0.39 is 0 Å². The van der Waals surface area contributed by atoms with Crippen molar-refractivity contribution in [3.8, 4) is 0 Å². The summed E-state index contributed by atoms with van der Waals surface area (Å²) in [6, 6.07) is 11.6. The fraction of sp³-hybridized carbons (Fsp3) is 0.188. The molecule has 1 aliphatic heterocycles. The molecule has 2 aromatic heterocycles. The molecule has 4 rings (SSSR count). The second-order valence-corrected chi connectivity index (χ2v) is 5.97. The van der Waals surface area contributed by atoms with E-state index in [9.17, 15) is 4.39 Å². The van der Waals surface area contributed by atoms with E-state index in [1.807, 2.05) is 22.6 Å². The Morgan fingerprint density at radius 3 is 2.90 bits per heavy atom. The number of nitrogens with zero attached hydrogens (tertiary/aromatic N) is 2. The number of hydrogen-bond donors (Lipinski definition) is 0. The molecule has 0 amide bonds. The predicted octanol–water partition coefficient (Wildman–Crippen LogP) is 3.90. The van der Waals surface area contributed by atoms with Gasteiger partial charge in [-0.05, 0) is 21.5 Å². The SMILES string of the molecule is Fc1cc2nc3c(n2cc1Br)[C@@H](c1ccccc1)COC3. The molecule has 0 bridgehead atoms. The van der Waals surface area contributed by atoms with Gasteiger partial charge in [0.15, 0.2) is 0 Å². The highest BCUT2D eigenvalue weighted by Gasteiger charge is 2.27. The second kappa shape index (κ2) is 4.93. The third-order valence-electron chi connectivity index (χ3n) is 3.83. The van der Waals surface area contributed by atoms with Gasteiger partial charge in [-0.2, -0.15) is 0 Å². The van der Waals surface area contributed by atoms with Crippen LogP contribution in [0.15, 0.2) is 47.1 Å². The van der Waals surface area contributed by atoms with Gasteiger partial charge in [0.25, 0.3) is 0 Å². The molecule has 0 saturated carbocycles. The highest BCUT2D eigenvalue weighted by Crippen LogP contribution is 2.33. The molecule has 0 N–H and O–H groups in total. The lowest BCUT2D eigenvalue weighted by molar-refractivity contribution is 0.0955. The van der Waals surface area contributed by atoms with E-state index in [2.05, 4.69) is 33.0 Å². The summed E-state index contributed by atoms with van der Waals surface area (Å²) in [6.45, 7) is 1.08. The van der Waals surface area contributed by atoms with Crippen LogP contribution < -0.4 is 0 Å². The summed E-state index contributed by atoms with van der Waals surface area (Å²) in [4.78, 5) is 4.51. The molecule has 0 saturated heterocycles. The Morgan fingerprint density at radius 2 is 2.10 bits per heavy atom. The van der Waals surface area contributed by atoms with Crippen molar-refractivity contribution in [2.75, 3.05) is 6.61 Å². The molecule has 5 heteroatoms. The number of aromatic nitrogens is 2. The van der Waals surface area contributed by atoms with Crippen LogP contribution in [0.3, 0.4) is 0 Å². The summed E-state index contributed by atoms with van der Waals surface area (Å²) < 4.78 is 21.8. The van der Waals surface area contributed by atoms with E-state index in [1.54, 1.807) is 6.20 Å². The fourth-order valence-electron chi connectivity index (χ4n) is 2.87. The quantitative estimate of drug-likeness (QED) is 0.668. The smallest absolute Gasteiger partial charge is 0.142 e. The third kappa shape index (κ3) is 2.08. The Labute approximate surface area is 129 Å². The van der Waals surface area contributed by atoms with Gasteiger partial charge in [-0.3, -0.25) is 0 Å². The van der Waals surface area contributed by atoms with Crippen LogP contribution >= 0.6 is 15.9 Å². The summed E-state index contributed by atoms with van der Waals surface area (Å²) in [5.41, 5.74) is 3.77. The first-order valence-corrected chi connectivity index (χ1v) is 7.52. The van der Waals surface area contributed by atoms with Crippen molar-refractivity contribution >= 4 is 21.6 Å². The molecule has 3 heterocycles. The molecular formula is C16H12BrFN2O. The lowest BCUT2D eigenvalue weighted by Crippen LogP contribution is -2.19. The van der Waals surface area contributed by atoms with Crippen molar-refractivity contribution in [3.63, 3.8) is 0 Å². The zero-order chi connectivity index (χ0) is 14.4. The number of ether oxygens (including phenoxy) is 1. The molecule has 1 aromatic carbocycles. The molecule has 0 radical (unpaired) electrons. The van der Waals surface area contributed by atoms with Crippen LogP contribution in [-0.4, -0.2) is 16.0 Å². The summed E-state index contributed by atoms with van der Waals surface area (Å²) in [5.74, 6) is -0.190. The zero-order valence-corrected chi connectivity index (χ0v) is 12.7. The Hall–Kier alpha value is -1.72. The number of fused-ring (bicyclic) bond motifs is 3. The zero-order valence-electron chi connectivity index (χ0n) is 11.1. The van der Waals surface area contributed by atoms with Crippen molar-refractivity contribution in [2.24, 2.45) is 0 Å². The first kappa shape index (κ1) is 13.0. The predicted molar refractivity (Wildman–Crippen MR) is 80.8 cm³/mol. The normalized spacial score (nSPS) is 17.9. The van der Waals surface area contributed by atoms with E-state index in [0.717, 1.165) is 11.4 Å². The van der Waals surface area contributed by atoms with Crippen LogP contribution in [-0.2, 0) is 11.3 Å². The molecule has 0 fully saturated rings. The first-order chi connectivity index (χ1) is 10.2. The van der Waals surface area contributed by atoms with Crippen molar-refractivity contribution in [3.05, 3.63) is 69.8 Å². The molecule has 0 aliphatic carbocycles. The van der Waals surface area contributed by atoms with Gasteiger partial charge >= 0.3 is 0 Å². The Morgan fingerprint density at radius 1 is 1.29 bits per heavy atom. The summed E-state index contributed by atoms with van der Waals surface area (Å²) in [6.07, 6.45) is 1.75. The topological polar surface area (TPSA) is 26.5 Å². The lowest BCUT2D eigenvalue weighted by Gasteiger charge is -2.23. The van der Waals surface area contributed by atoms with E-state index in [4.69, 9.17) is 4.74 Å². The van der Waals surface area contributed by atoms with E-state index in [0.29, 0.717) is 23.3 Å². The number of hydrogen-bond acceptors (Lipinski definition) is 2. The number of rotatable bonds is 1. The molecule has 106 valence electrons. The lowest BCUT2D eigenvalue weighted by atomic mass is 9.94. The Balaban J connectivity index is 1.96.